The summed E-state index contributed by atoms with van der Waals surface area (Å²) in [4.78, 5) is 2.40. The van der Waals surface area contributed by atoms with Crippen molar-refractivity contribution >= 4 is 35.0 Å². The number of ether oxygens (including phenoxy) is 1. The van der Waals surface area contributed by atoms with E-state index in [2.05, 4.69) is 108 Å². The Hall–Kier alpha value is -3.34. The Bertz CT molecular complexity index is 1090. The normalized spacial score (nSPS) is 15.9. The molecule has 1 saturated heterocycles. The molecule has 1 unspecified atom stereocenters. The maximum Gasteiger partial charge on any atom is 0.148 e. The highest BCUT2D eigenvalue weighted by Gasteiger charge is 2.38. The van der Waals surface area contributed by atoms with Gasteiger partial charge < -0.3 is 15.4 Å². The van der Waals surface area contributed by atoms with Crippen molar-refractivity contribution in [3.63, 3.8) is 0 Å². The zero-order valence-corrected chi connectivity index (χ0v) is 21.2. The number of nitrogens with two attached hydrogens (primary N) is 1. The van der Waals surface area contributed by atoms with Crippen molar-refractivity contribution < 1.29 is 4.74 Å². The molecule has 0 aliphatic carbocycles. The fourth-order valence-electron chi connectivity index (χ4n) is 5.47. The highest BCUT2D eigenvalue weighted by Crippen LogP contribution is 2.23. The van der Waals surface area contributed by atoms with Crippen LogP contribution in [0.15, 0.2) is 115 Å². The molecular formula is C31H34N2OSi. The summed E-state index contributed by atoms with van der Waals surface area (Å²) in [7, 11) is -2.17. The van der Waals surface area contributed by atoms with Crippen molar-refractivity contribution in [1.29, 1.82) is 0 Å². The van der Waals surface area contributed by atoms with Gasteiger partial charge in [0, 0.05) is 31.1 Å². The first kappa shape index (κ1) is 23.4. The van der Waals surface area contributed by atoms with Gasteiger partial charge in [-0.1, -0.05) is 91.0 Å². The van der Waals surface area contributed by atoms with E-state index in [1.54, 1.807) is 0 Å². The van der Waals surface area contributed by atoms with Crippen LogP contribution in [0.2, 0.25) is 6.04 Å². The third kappa shape index (κ3) is 5.19. The summed E-state index contributed by atoms with van der Waals surface area (Å²) in [5.41, 5.74) is 7.89. The number of rotatable bonds is 9. The van der Waals surface area contributed by atoms with Gasteiger partial charge in [0.2, 0.25) is 0 Å². The van der Waals surface area contributed by atoms with Gasteiger partial charge in [0.25, 0.3) is 0 Å². The highest BCUT2D eigenvalue weighted by atomic mass is 28.3. The molecule has 5 rings (SSSR count). The highest BCUT2D eigenvalue weighted by molar-refractivity contribution is 7.11. The lowest BCUT2D eigenvalue weighted by molar-refractivity contribution is 0.0687. The van der Waals surface area contributed by atoms with Crippen molar-refractivity contribution in [2.45, 2.75) is 25.0 Å². The predicted molar refractivity (Wildman–Crippen MR) is 151 cm³/mol. The summed E-state index contributed by atoms with van der Waals surface area (Å²) in [6.45, 7) is 2.77. The minimum absolute atomic E-state index is 0.286. The maximum absolute atomic E-state index is 6.44. The van der Waals surface area contributed by atoms with E-state index in [1.165, 1.54) is 21.2 Å². The molecule has 1 aliphatic rings. The molecule has 4 aromatic carbocycles. The maximum atomic E-state index is 6.44. The van der Waals surface area contributed by atoms with Crippen molar-refractivity contribution in [2.24, 2.45) is 0 Å². The zero-order chi connectivity index (χ0) is 23.9. The van der Waals surface area contributed by atoms with E-state index < -0.39 is 8.07 Å². The summed E-state index contributed by atoms with van der Waals surface area (Å²) in [5.74, 6) is 0. The Kier molecular flexibility index (Phi) is 7.31. The standard InChI is InChI=1S/C31H34N2OSi/c32-26-17-19-27(20-18-26)33-22-21-28(25-33)34-23-10-24-35(29-11-4-1-5-12-29,30-13-6-2-7-14-30)31-15-8-3-9-16-31/h1-9,11-20,28H,10,21-25,32H2. The van der Waals surface area contributed by atoms with Crippen LogP contribution in [0.25, 0.3) is 0 Å². The topological polar surface area (TPSA) is 38.5 Å². The van der Waals surface area contributed by atoms with Gasteiger partial charge in [-0.25, -0.2) is 0 Å². The van der Waals surface area contributed by atoms with Gasteiger partial charge in [-0.05, 0) is 58.7 Å². The third-order valence-electron chi connectivity index (χ3n) is 7.25. The SMILES string of the molecule is Nc1ccc(N2CCC(OCCC[Si](c3ccccc3)(c3ccccc3)c3ccccc3)C2)cc1. The Morgan fingerprint density at radius 2 is 1.23 bits per heavy atom. The molecule has 0 amide bonds. The Morgan fingerprint density at radius 3 is 1.74 bits per heavy atom. The van der Waals surface area contributed by atoms with Crippen molar-refractivity contribution in [2.75, 3.05) is 30.3 Å². The lowest BCUT2D eigenvalue weighted by atomic mass is 10.2. The molecule has 0 saturated carbocycles. The molecule has 1 aliphatic heterocycles. The number of benzene rings is 4. The second kappa shape index (κ2) is 10.9. The van der Waals surface area contributed by atoms with E-state index in [0.717, 1.165) is 44.3 Å². The summed E-state index contributed by atoms with van der Waals surface area (Å²) in [5, 5.41) is 4.40. The van der Waals surface area contributed by atoms with Gasteiger partial charge in [0.05, 0.1) is 6.10 Å². The third-order valence-corrected chi connectivity index (χ3v) is 12.3. The van der Waals surface area contributed by atoms with Crippen LogP contribution in [0.5, 0.6) is 0 Å². The van der Waals surface area contributed by atoms with Gasteiger partial charge in [-0.15, -0.1) is 0 Å². The average Bonchev–Trinajstić information content (AvgIpc) is 3.40. The second-order valence-corrected chi connectivity index (χ2v) is 13.5. The number of nitrogens with zero attached hydrogens (tertiary/aromatic N) is 1. The van der Waals surface area contributed by atoms with E-state index in [-0.39, 0.29) is 6.10 Å². The number of nitrogen functional groups attached to an aromatic ring is 1. The van der Waals surface area contributed by atoms with E-state index >= 15 is 0 Å². The van der Waals surface area contributed by atoms with Crippen molar-refractivity contribution in [1.82, 2.24) is 0 Å². The first-order valence-corrected chi connectivity index (χ1v) is 14.8. The zero-order valence-electron chi connectivity index (χ0n) is 20.2. The largest absolute Gasteiger partial charge is 0.399 e. The molecule has 0 aromatic heterocycles. The average molecular weight is 479 g/mol. The van der Waals surface area contributed by atoms with E-state index in [4.69, 9.17) is 10.5 Å². The van der Waals surface area contributed by atoms with Crippen LogP contribution in [0.4, 0.5) is 11.4 Å². The summed E-state index contributed by atoms with van der Waals surface area (Å²) in [6, 6.07) is 42.7. The number of hydrogen-bond acceptors (Lipinski definition) is 3. The Balaban J connectivity index is 1.31. The molecule has 1 atom stereocenters. The lowest BCUT2D eigenvalue weighted by Crippen LogP contribution is -2.67. The smallest absolute Gasteiger partial charge is 0.148 e. The molecule has 1 heterocycles. The molecule has 4 aromatic rings. The van der Waals surface area contributed by atoms with Crippen LogP contribution < -0.4 is 26.2 Å². The molecule has 35 heavy (non-hydrogen) atoms. The summed E-state index contributed by atoms with van der Waals surface area (Å²) >= 11 is 0. The molecule has 3 nitrogen and oxygen atoms in total. The van der Waals surface area contributed by atoms with Gasteiger partial charge in [-0.2, -0.15) is 0 Å². The minimum atomic E-state index is -2.17. The van der Waals surface area contributed by atoms with Gasteiger partial charge in [-0.3, -0.25) is 0 Å². The van der Waals surface area contributed by atoms with Crippen LogP contribution in [-0.2, 0) is 4.74 Å². The van der Waals surface area contributed by atoms with Gasteiger partial charge in [0.15, 0.2) is 0 Å². The molecule has 0 spiro atoms. The van der Waals surface area contributed by atoms with E-state index in [9.17, 15) is 0 Å². The summed E-state index contributed by atoms with van der Waals surface area (Å²) in [6.07, 6.45) is 2.40. The number of anilines is 2. The first-order chi connectivity index (χ1) is 17.3. The van der Waals surface area contributed by atoms with Crippen molar-refractivity contribution in [3.05, 3.63) is 115 Å². The molecule has 178 valence electrons. The van der Waals surface area contributed by atoms with Crippen LogP contribution in [0.3, 0.4) is 0 Å². The Labute approximate surface area is 210 Å². The molecule has 0 radical (unpaired) electrons. The van der Waals surface area contributed by atoms with Crippen LogP contribution in [0.1, 0.15) is 12.8 Å². The monoisotopic (exact) mass is 478 g/mol. The van der Waals surface area contributed by atoms with Crippen LogP contribution >= 0.6 is 0 Å². The quantitative estimate of drug-likeness (QED) is 0.167. The first-order valence-electron chi connectivity index (χ1n) is 12.6. The van der Waals surface area contributed by atoms with Crippen LogP contribution in [0, 0.1) is 0 Å². The molecular weight excluding hydrogens is 444 g/mol. The van der Waals surface area contributed by atoms with Crippen LogP contribution in [-0.4, -0.2) is 33.9 Å². The minimum Gasteiger partial charge on any atom is -0.399 e. The van der Waals surface area contributed by atoms with Gasteiger partial charge in [0.1, 0.15) is 8.07 Å². The summed E-state index contributed by atoms with van der Waals surface area (Å²) < 4.78 is 6.44. The Morgan fingerprint density at radius 1 is 0.714 bits per heavy atom. The van der Waals surface area contributed by atoms with E-state index in [0.29, 0.717) is 0 Å². The lowest BCUT2D eigenvalue weighted by Gasteiger charge is -2.34. The predicted octanol–water partition coefficient (Wildman–Crippen LogP) is 4.42. The second-order valence-electron chi connectivity index (χ2n) is 9.43. The fraction of sp³-hybridized carbons (Fsp3) is 0.226. The molecule has 4 heteroatoms. The fourth-order valence-corrected chi connectivity index (χ4v) is 10.3. The number of hydrogen-bond donors (Lipinski definition) is 1. The molecule has 0 bridgehead atoms. The molecule has 2 N–H and O–H groups in total. The van der Waals surface area contributed by atoms with Gasteiger partial charge >= 0.3 is 0 Å². The van der Waals surface area contributed by atoms with Crippen molar-refractivity contribution in [3.8, 4) is 0 Å². The van der Waals surface area contributed by atoms with E-state index in [1.807, 2.05) is 12.1 Å². The molecule has 1 fully saturated rings.